The lowest BCUT2D eigenvalue weighted by Gasteiger charge is -2.13. The molecular weight excluding hydrogens is 172 g/mol. The first-order valence-corrected chi connectivity index (χ1v) is 3.95. The smallest absolute Gasteiger partial charge is 0.307 e. The van der Waals surface area contributed by atoms with Gasteiger partial charge in [0.1, 0.15) is 0 Å². The van der Waals surface area contributed by atoms with E-state index >= 15 is 0 Å². The van der Waals surface area contributed by atoms with Crippen LogP contribution in [0.15, 0.2) is 0 Å². The van der Waals surface area contributed by atoms with Gasteiger partial charge in [0.2, 0.25) is 0 Å². The summed E-state index contributed by atoms with van der Waals surface area (Å²) in [5.74, 6) is -0.308. The largest absolute Gasteiger partial charge is 0.469 e. The predicted molar refractivity (Wildman–Crippen MR) is 45.7 cm³/mol. The Balaban J connectivity index is 3.60. The van der Waals surface area contributed by atoms with Gasteiger partial charge in [-0.05, 0) is 0 Å². The molecule has 0 aliphatic heterocycles. The van der Waals surface area contributed by atoms with Gasteiger partial charge in [0.05, 0.1) is 26.7 Å². The summed E-state index contributed by atoms with van der Waals surface area (Å²) >= 11 is 0. The first-order valence-electron chi connectivity index (χ1n) is 3.95. The Labute approximate surface area is 77.8 Å². The summed E-state index contributed by atoms with van der Waals surface area (Å²) in [5.41, 5.74) is 0. The second-order valence-corrected chi connectivity index (χ2v) is 2.41. The second-order valence-electron chi connectivity index (χ2n) is 2.41. The molecule has 0 rings (SSSR count). The van der Waals surface area contributed by atoms with Gasteiger partial charge in [-0.15, -0.1) is 0 Å². The van der Waals surface area contributed by atoms with Crippen LogP contribution in [0.4, 0.5) is 0 Å². The monoisotopic (exact) mass is 186 g/mol. The van der Waals surface area contributed by atoms with Crippen molar-refractivity contribution in [1.82, 2.24) is 4.90 Å². The number of esters is 1. The molecule has 0 atom stereocenters. The number of nitriles is 1. The summed E-state index contributed by atoms with van der Waals surface area (Å²) in [7, 11) is 2.89. The minimum absolute atomic E-state index is 0.230. The Bertz CT molecular complexity index is 188. The van der Waals surface area contributed by atoms with Gasteiger partial charge in [0.25, 0.3) is 0 Å². The molecule has 0 aromatic heterocycles. The highest BCUT2D eigenvalue weighted by Gasteiger charge is 2.05. The van der Waals surface area contributed by atoms with E-state index in [1.165, 1.54) is 12.0 Å². The third-order valence-electron chi connectivity index (χ3n) is 1.52. The predicted octanol–water partition coefficient (Wildman–Crippen LogP) is -0.0210. The van der Waals surface area contributed by atoms with Crippen molar-refractivity contribution in [1.29, 1.82) is 5.26 Å². The van der Waals surface area contributed by atoms with Gasteiger partial charge in [0.15, 0.2) is 6.19 Å². The first kappa shape index (κ1) is 11.7. The minimum Gasteiger partial charge on any atom is -0.469 e. The number of methoxy groups -OCH3 is 2. The number of rotatable bonds is 6. The Hall–Kier alpha value is -1.28. The fourth-order valence-corrected chi connectivity index (χ4v) is 0.742. The van der Waals surface area contributed by atoms with Crippen LogP contribution in [0.5, 0.6) is 0 Å². The van der Waals surface area contributed by atoms with E-state index in [0.29, 0.717) is 19.7 Å². The van der Waals surface area contributed by atoms with Gasteiger partial charge in [-0.3, -0.25) is 4.79 Å². The van der Waals surface area contributed by atoms with Crippen LogP contribution >= 0.6 is 0 Å². The standard InChI is InChI=1S/C8H14N2O3/c1-12-6-5-10(7-9)4-3-8(11)13-2/h3-6H2,1-2H3. The maximum Gasteiger partial charge on any atom is 0.307 e. The third-order valence-corrected chi connectivity index (χ3v) is 1.52. The molecule has 0 aromatic rings. The van der Waals surface area contributed by atoms with Gasteiger partial charge in [0, 0.05) is 13.7 Å². The Kier molecular flexibility index (Phi) is 6.65. The molecule has 0 spiro atoms. The summed E-state index contributed by atoms with van der Waals surface area (Å²) in [4.78, 5) is 12.2. The Morgan fingerprint density at radius 2 is 2.15 bits per heavy atom. The average Bonchev–Trinajstić information content (AvgIpc) is 2.17. The molecule has 0 N–H and O–H groups in total. The van der Waals surface area contributed by atoms with Gasteiger partial charge < -0.3 is 14.4 Å². The lowest BCUT2D eigenvalue weighted by atomic mass is 10.4. The molecule has 0 aromatic carbocycles. The van der Waals surface area contributed by atoms with Gasteiger partial charge in [-0.25, -0.2) is 0 Å². The van der Waals surface area contributed by atoms with Crippen LogP contribution in [0.2, 0.25) is 0 Å². The van der Waals surface area contributed by atoms with Crippen LogP contribution < -0.4 is 0 Å². The summed E-state index contributed by atoms with van der Waals surface area (Å²) < 4.78 is 9.24. The topological polar surface area (TPSA) is 62.6 Å². The quantitative estimate of drug-likeness (QED) is 0.331. The molecule has 5 nitrogen and oxygen atoms in total. The van der Waals surface area contributed by atoms with Crippen molar-refractivity contribution in [3.63, 3.8) is 0 Å². The SMILES string of the molecule is COCCN(C#N)CCC(=O)OC. The zero-order chi connectivity index (χ0) is 10.1. The molecule has 0 bridgehead atoms. The van der Waals surface area contributed by atoms with Crippen LogP contribution in [0.3, 0.4) is 0 Å². The molecule has 0 aliphatic carbocycles. The lowest BCUT2D eigenvalue weighted by Crippen LogP contribution is -2.25. The van der Waals surface area contributed by atoms with E-state index in [1.54, 1.807) is 7.11 Å². The van der Waals surface area contributed by atoms with Crippen LogP contribution in [0.25, 0.3) is 0 Å². The molecule has 0 saturated heterocycles. The van der Waals surface area contributed by atoms with E-state index in [-0.39, 0.29) is 12.4 Å². The zero-order valence-electron chi connectivity index (χ0n) is 7.95. The highest BCUT2D eigenvalue weighted by atomic mass is 16.5. The van der Waals surface area contributed by atoms with Crippen molar-refractivity contribution in [2.24, 2.45) is 0 Å². The number of hydrogen-bond donors (Lipinski definition) is 0. The summed E-state index contributed by atoms with van der Waals surface area (Å²) in [6.07, 6.45) is 2.19. The van der Waals surface area contributed by atoms with Crippen molar-refractivity contribution >= 4 is 5.97 Å². The number of carbonyl (C=O) groups is 1. The molecule has 13 heavy (non-hydrogen) atoms. The van der Waals surface area contributed by atoms with Crippen LogP contribution in [-0.2, 0) is 14.3 Å². The fraction of sp³-hybridized carbons (Fsp3) is 0.750. The van der Waals surface area contributed by atoms with Crippen LogP contribution in [-0.4, -0.2) is 44.8 Å². The summed E-state index contributed by atoms with van der Waals surface area (Å²) in [6, 6.07) is 0. The van der Waals surface area contributed by atoms with E-state index in [0.717, 1.165) is 0 Å². The van der Waals surface area contributed by atoms with Gasteiger partial charge >= 0.3 is 5.97 Å². The molecule has 0 unspecified atom stereocenters. The Morgan fingerprint density at radius 1 is 1.46 bits per heavy atom. The van der Waals surface area contributed by atoms with E-state index in [4.69, 9.17) is 10.00 Å². The van der Waals surface area contributed by atoms with E-state index < -0.39 is 0 Å². The van der Waals surface area contributed by atoms with Gasteiger partial charge in [-0.1, -0.05) is 0 Å². The van der Waals surface area contributed by atoms with Crippen molar-refractivity contribution in [2.45, 2.75) is 6.42 Å². The molecular formula is C8H14N2O3. The average molecular weight is 186 g/mol. The van der Waals surface area contributed by atoms with Crippen molar-refractivity contribution < 1.29 is 14.3 Å². The maximum absolute atomic E-state index is 10.7. The fourth-order valence-electron chi connectivity index (χ4n) is 0.742. The zero-order valence-corrected chi connectivity index (χ0v) is 7.95. The molecule has 0 saturated carbocycles. The second kappa shape index (κ2) is 7.37. The molecule has 0 fully saturated rings. The molecule has 0 aliphatic rings. The highest BCUT2D eigenvalue weighted by Crippen LogP contribution is 1.91. The van der Waals surface area contributed by atoms with E-state index in [2.05, 4.69) is 4.74 Å². The first-order chi connectivity index (χ1) is 6.24. The molecule has 74 valence electrons. The van der Waals surface area contributed by atoms with Crippen molar-refractivity contribution in [3.8, 4) is 6.19 Å². The highest BCUT2D eigenvalue weighted by molar-refractivity contribution is 5.69. The number of nitrogens with zero attached hydrogens (tertiary/aromatic N) is 2. The maximum atomic E-state index is 10.7. The van der Waals surface area contributed by atoms with Crippen molar-refractivity contribution in [2.75, 3.05) is 33.9 Å². The summed E-state index contributed by atoms with van der Waals surface area (Å²) in [6.45, 7) is 1.37. The number of ether oxygens (including phenoxy) is 2. The third kappa shape index (κ3) is 5.93. The normalized spacial score (nSPS) is 9.00. The molecule has 0 heterocycles. The lowest BCUT2D eigenvalue weighted by molar-refractivity contribution is -0.140. The number of hydrogen-bond acceptors (Lipinski definition) is 5. The van der Waals surface area contributed by atoms with Crippen LogP contribution in [0.1, 0.15) is 6.42 Å². The van der Waals surface area contributed by atoms with Crippen LogP contribution in [0, 0.1) is 11.5 Å². The molecule has 5 heteroatoms. The Morgan fingerprint density at radius 3 is 2.62 bits per heavy atom. The van der Waals surface area contributed by atoms with Gasteiger partial charge in [-0.2, -0.15) is 5.26 Å². The van der Waals surface area contributed by atoms with Crippen molar-refractivity contribution in [3.05, 3.63) is 0 Å². The number of carbonyl (C=O) groups excluding carboxylic acids is 1. The minimum atomic E-state index is -0.308. The molecule has 0 radical (unpaired) electrons. The molecule has 0 amide bonds. The summed E-state index contributed by atoms with van der Waals surface area (Å²) in [5, 5.41) is 8.61. The van der Waals surface area contributed by atoms with E-state index in [1.807, 2.05) is 6.19 Å². The van der Waals surface area contributed by atoms with E-state index in [9.17, 15) is 4.79 Å².